The normalized spacial score (nSPS) is 12.6. The number of alkyl halides is 3. The van der Waals surface area contributed by atoms with Gasteiger partial charge in [0.05, 0.1) is 16.5 Å². The molecule has 1 amide bonds. The largest absolute Gasteiger partial charge is 0.484 e. The van der Waals surface area contributed by atoms with Gasteiger partial charge in [-0.25, -0.2) is 8.42 Å². The third kappa shape index (κ3) is 7.40. The van der Waals surface area contributed by atoms with Crippen molar-refractivity contribution in [2.75, 3.05) is 17.6 Å². The molecular weight excluding hydrogens is 501 g/mol. The van der Waals surface area contributed by atoms with Crippen LogP contribution in [-0.2, 0) is 21.0 Å². The lowest BCUT2D eigenvalue weighted by Gasteiger charge is -2.15. The van der Waals surface area contributed by atoms with Crippen LogP contribution in [0.2, 0.25) is 0 Å². The molecule has 0 unspecified atom stereocenters. The summed E-state index contributed by atoms with van der Waals surface area (Å²) in [4.78, 5) is 13.2. The van der Waals surface area contributed by atoms with Crippen LogP contribution in [-0.4, -0.2) is 27.2 Å². The summed E-state index contributed by atoms with van der Waals surface area (Å²) in [6.07, 6.45) is -2.62. The molecular formula is C24H23F3N2O4S2. The van der Waals surface area contributed by atoms with E-state index in [-0.39, 0.29) is 34.9 Å². The average Bonchev–Trinajstić information content (AvgIpc) is 2.82. The minimum Gasteiger partial charge on any atom is -0.484 e. The second-order valence-electron chi connectivity index (χ2n) is 7.51. The molecule has 0 aliphatic rings. The summed E-state index contributed by atoms with van der Waals surface area (Å²) in [7, 11) is -4.13. The SMILES string of the molecule is CSc1ccc([C@@H](C)NC(=O)COc2ccc(S(=O)(=O)Nc3cccc(C(F)(F)F)c3)cc2)cc1. The lowest BCUT2D eigenvalue weighted by atomic mass is 10.1. The number of sulfonamides is 1. The second-order valence-corrected chi connectivity index (χ2v) is 10.1. The molecule has 0 bridgehead atoms. The lowest BCUT2D eigenvalue weighted by molar-refractivity contribution is -0.137. The first-order chi connectivity index (χ1) is 16.5. The quantitative estimate of drug-likeness (QED) is 0.362. The fourth-order valence-electron chi connectivity index (χ4n) is 3.10. The van der Waals surface area contributed by atoms with Crippen LogP contribution in [0.5, 0.6) is 5.75 Å². The van der Waals surface area contributed by atoms with Gasteiger partial charge in [-0.3, -0.25) is 9.52 Å². The Morgan fingerprint density at radius 3 is 2.29 bits per heavy atom. The van der Waals surface area contributed by atoms with Crippen molar-refractivity contribution in [1.29, 1.82) is 0 Å². The monoisotopic (exact) mass is 524 g/mol. The summed E-state index contributed by atoms with van der Waals surface area (Å²) in [5.74, 6) is -0.0931. The molecule has 0 fully saturated rings. The van der Waals surface area contributed by atoms with Gasteiger partial charge in [-0.15, -0.1) is 11.8 Å². The zero-order chi connectivity index (χ0) is 25.6. The van der Waals surface area contributed by atoms with Crippen molar-refractivity contribution in [3.05, 3.63) is 83.9 Å². The minimum absolute atomic E-state index is 0.172. The number of hydrogen-bond donors (Lipinski definition) is 2. The topological polar surface area (TPSA) is 84.5 Å². The molecule has 3 aromatic rings. The van der Waals surface area contributed by atoms with Crippen LogP contribution in [0.15, 0.2) is 82.6 Å². The zero-order valence-electron chi connectivity index (χ0n) is 18.8. The first kappa shape index (κ1) is 26.4. The molecule has 3 aromatic carbocycles. The van der Waals surface area contributed by atoms with Crippen LogP contribution >= 0.6 is 11.8 Å². The number of thioether (sulfide) groups is 1. The van der Waals surface area contributed by atoms with E-state index in [2.05, 4.69) is 10.0 Å². The van der Waals surface area contributed by atoms with Crippen molar-refractivity contribution in [3.63, 3.8) is 0 Å². The number of benzene rings is 3. The summed E-state index contributed by atoms with van der Waals surface area (Å²) in [6, 6.07) is 16.7. The Bertz CT molecular complexity index is 1260. The second kappa shape index (κ2) is 11.0. The van der Waals surface area contributed by atoms with Crippen LogP contribution in [0.1, 0.15) is 24.1 Å². The third-order valence-electron chi connectivity index (χ3n) is 4.94. The van der Waals surface area contributed by atoms with E-state index < -0.39 is 21.8 Å². The molecule has 3 rings (SSSR count). The van der Waals surface area contributed by atoms with Crippen LogP contribution in [0.25, 0.3) is 0 Å². The summed E-state index contributed by atoms with van der Waals surface area (Å²) in [6.45, 7) is 1.57. The Morgan fingerprint density at radius 1 is 1.03 bits per heavy atom. The molecule has 0 radical (unpaired) electrons. The van der Waals surface area contributed by atoms with Gasteiger partial charge in [0.15, 0.2) is 6.61 Å². The van der Waals surface area contributed by atoms with Crippen LogP contribution in [0, 0.1) is 0 Å². The van der Waals surface area contributed by atoms with Gasteiger partial charge in [0.2, 0.25) is 0 Å². The van der Waals surface area contributed by atoms with E-state index in [0.717, 1.165) is 22.6 Å². The summed E-state index contributed by atoms with van der Waals surface area (Å²) >= 11 is 1.62. The van der Waals surface area contributed by atoms with E-state index >= 15 is 0 Å². The van der Waals surface area contributed by atoms with Crippen molar-refractivity contribution < 1.29 is 31.1 Å². The van der Waals surface area contributed by atoms with Gasteiger partial charge in [-0.05, 0) is 73.3 Å². The van der Waals surface area contributed by atoms with Crippen molar-refractivity contribution in [1.82, 2.24) is 5.32 Å². The fraction of sp³-hybridized carbons (Fsp3) is 0.208. The van der Waals surface area contributed by atoms with Gasteiger partial charge < -0.3 is 10.1 Å². The number of halogens is 3. The summed E-state index contributed by atoms with van der Waals surface area (Å²) in [5.41, 5.74) is -0.237. The van der Waals surface area contributed by atoms with E-state index in [0.29, 0.717) is 6.07 Å². The molecule has 0 aromatic heterocycles. The molecule has 11 heteroatoms. The number of carbonyl (C=O) groups is 1. The molecule has 0 aliphatic carbocycles. The van der Waals surface area contributed by atoms with E-state index in [1.54, 1.807) is 11.8 Å². The standard InChI is InChI=1S/C24H23F3N2O4S2/c1-16(17-6-10-21(34-2)11-7-17)28-23(30)15-33-20-8-12-22(13-9-20)35(31,32)29-19-5-3-4-18(14-19)24(25,26)27/h3-14,16,29H,15H2,1-2H3,(H,28,30)/t16-/m1/s1. The molecule has 35 heavy (non-hydrogen) atoms. The predicted molar refractivity (Wildman–Crippen MR) is 129 cm³/mol. The number of ether oxygens (including phenoxy) is 1. The lowest BCUT2D eigenvalue weighted by Crippen LogP contribution is -2.31. The van der Waals surface area contributed by atoms with Crippen LogP contribution in [0.4, 0.5) is 18.9 Å². The van der Waals surface area contributed by atoms with Gasteiger partial charge in [-0.1, -0.05) is 18.2 Å². The summed E-state index contributed by atoms with van der Waals surface area (Å²) in [5, 5.41) is 2.83. The maximum absolute atomic E-state index is 12.9. The highest BCUT2D eigenvalue weighted by Gasteiger charge is 2.30. The van der Waals surface area contributed by atoms with Crippen molar-refractivity contribution in [2.45, 2.75) is 28.9 Å². The number of anilines is 1. The highest BCUT2D eigenvalue weighted by molar-refractivity contribution is 7.98. The number of hydrogen-bond acceptors (Lipinski definition) is 5. The smallest absolute Gasteiger partial charge is 0.416 e. The average molecular weight is 525 g/mol. The van der Waals surface area contributed by atoms with Gasteiger partial charge in [0, 0.05) is 10.6 Å². The van der Waals surface area contributed by atoms with Crippen molar-refractivity contribution >= 4 is 33.4 Å². The molecule has 0 heterocycles. The molecule has 0 aliphatic heterocycles. The first-order valence-corrected chi connectivity index (χ1v) is 13.0. The fourth-order valence-corrected chi connectivity index (χ4v) is 4.55. The molecule has 0 spiro atoms. The Morgan fingerprint density at radius 2 is 1.69 bits per heavy atom. The molecule has 1 atom stereocenters. The van der Waals surface area contributed by atoms with E-state index in [4.69, 9.17) is 4.74 Å². The van der Waals surface area contributed by atoms with E-state index in [1.165, 1.54) is 30.3 Å². The Balaban J connectivity index is 1.56. The maximum Gasteiger partial charge on any atom is 0.416 e. The first-order valence-electron chi connectivity index (χ1n) is 10.3. The van der Waals surface area contributed by atoms with Crippen LogP contribution < -0.4 is 14.8 Å². The predicted octanol–water partition coefficient (Wildman–Crippen LogP) is 5.48. The van der Waals surface area contributed by atoms with E-state index in [9.17, 15) is 26.4 Å². The Kier molecular flexibility index (Phi) is 8.34. The highest BCUT2D eigenvalue weighted by atomic mass is 32.2. The van der Waals surface area contributed by atoms with Gasteiger partial charge in [0.1, 0.15) is 5.75 Å². The number of rotatable bonds is 9. The van der Waals surface area contributed by atoms with Gasteiger partial charge >= 0.3 is 6.18 Å². The molecule has 0 saturated heterocycles. The summed E-state index contributed by atoms with van der Waals surface area (Å²) < 4.78 is 71.2. The van der Waals surface area contributed by atoms with Crippen molar-refractivity contribution in [2.24, 2.45) is 0 Å². The molecule has 2 N–H and O–H groups in total. The maximum atomic E-state index is 12.9. The molecule has 0 saturated carbocycles. The number of nitrogens with one attached hydrogen (secondary N) is 2. The van der Waals surface area contributed by atoms with Crippen LogP contribution in [0.3, 0.4) is 0 Å². The molecule has 186 valence electrons. The minimum atomic E-state index is -4.59. The number of carbonyl (C=O) groups excluding carboxylic acids is 1. The van der Waals surface area contributed by atoms with Gasteiger partial charge in [0.25, 0.3) is 15.9 Å². The van der Waals surface area contributed by atoms with E-state index in [1.807, 2.05) is 37.4 Å². The third-order valence-corrected chi connectivity index (χ3v) is 7.08. The highest BCUT2D eigenvalue weighted by Crippen LogP contribution is 2.31. The van der Waals surface area contributed by atoms with Crippen molar-refractivity contribution in [3.8, 4) is 5.75 Å². The molecule has 6 nitrogen and oxygen atoms in total. The Labute approximate surface area is 205 Å². The Hall–Kier alpha value is -3.18. The zero-order valence-corrected chi connectivity index (χ0v) is 20.4. The number of amides is 1. The van der Waals surface area contributed by atoms with Gasteiger partial charge in [-0.2, -0.15) is 13.2 Å².